The van der Waals surface area contributed by atoms with Gasteiger partial charge in [-0.3, -0.25) is 0 Å². The number of methoxy groups -OCH3 is 1. The summed E-state index contributed by atoms with van der Waals surface area (Å²) in [6, 6.07) is 4.31. The van der Waals surface area contributed by atoms with Gasteiger partial charge in [-0.2, -0.15) is 0 Å². The minimum Gasteiger partial charge on any atom is -0.507 e. The Morgan fingerprint density at radius 1 is 1.39 bits per heavy atom. The molecule has 1 N–H and O–H groups in total. The second-order valence-corrected chi connectivity index (χ2v) is 6.10. The van der Waals surface area contributed by atoms with Crippen LogP contribution < -0.4 is 0 Å². The maximum atomic E-state index is 10.6. The molecule has 2 aliphatic rings. The van der Waals surface area contributed by atoms with E-state index in [9.17, 15) is 5.11 Å². The van der Waals surface area contributed by atoms with Crippen LogP contribution in [-0.4, -0.2) is 12.2 Å². The van der Waals surface area contributed by atoms with Gasteiger partial charge in [-0.25, -0.2) is 0 Å². The molecule has 18 heavy (non-hydrogen) atoms. The Balaban J connectivity index is 2.07. The van der Waals surface area contributed by atoms with Crippen LogP contribution in [0.25, 0.3) is 0 Å². The summed E-state index contributed by atoms with van der Waals surface area (Å²) in [6.45, 7) is 4.32. The number of aromatic hydroxyl groups is 1. The van der Waals surface area contributed by atoms with Crippen LogP contribution in [0.15, 0.2) is 12.1 Å². The molecule has 0 aromatic heterocycles. The van der Waals surface area contributed by atoms with E-state index in [-0.39, 0.29) is 5.60 Å². The topological polar surface area (TPSA) is 29.5 Å². The molecule has 0 saturated heterocycles. The molecule has 1 aromatic carbocycles. The summed E-state index contributed by atoms with van der Waals surface area (Å²) in [6.07, 6.45) is 4.58. The van der Waals surface area contributed by atoms with Crippen LogP contribution in [0.1, 0.15) is 55.7 Å². The third-order valence-electron chi connectivity index (χ3n) is 4.97. The van der Waals surface area contributed by atoms with Gasteiger partial charge in [0.25, 0.3) is 0 Å². The van der Waals surface area contributed by atoms with E-state index >= 15 is 0 Å². The second-order valence-electron chi connectivity index (χ2n) is 6.10. The summed E-state index contributed by atoms with van der Waals surface area (Å²) in [7, 11) is 1.74. The van der Waals surface area contributed by atoms with Gasteiger partial charge in [0.15, 0.2) is 0 Å². The fourth-order valence-electron chi connectivity index (χ4n) is 3.37. The molecule has 0 heterocycles. The third kappa shape index (κ3) is 1.66. The first-order valence-electron chi connectivity index (χ1n) is 6.97. The lowest BCUT2D eigenvalue weighted by atomic mass is 9.88. The van der Waals surface area contributed by atoms with E-state index < -0.39 is 0 Å². The number of hydrogen-bond donors (Lipinski definition) is 1. The Kier molecular flexibility index (Phi) is 2.67. The van der Waals surface area contributed by atoms with E-state index in [1.165, 1.54) is 18.4 Å². The molecule has 3 rings (SSSR count). The van der Waals surface area contributed by atoms with E-state index in [4.69, 9.17) is 4.74 Å². The van der Waals surface area contributed by atoms with Gasteiger partial charge in [-0.15, -0.1) is 0 Å². The van der Waals surface area contributed by atoms with Gasteiger partial charge in [-0.1, -0.05) is 19.1 Å². The Morgan fingerprint density at radius 2 is 2.11 bits per heavy atom. The number of ether oxygens (including phenoxy) is 1. The fourth-order valence-corrected chi connectivity index (χ4v) is 3.37. The lowest BCUT2D eigenvalue weighted by Crippen LogP contribution is -2.21. The number of aryl methyl sites for hydroxylation is 1. The molecule has 0 radical (unpaired) electrons. The Morgan fingerprint density at radius 3 is 2.72 bits per heavy atom. The maximum absolute atomic E-state index is 10.6. The number of benzene rings is 1. The number of rotatable bonds is 3. The van der Waals surface area contributed by atoms with Crippen molar-refractivity contribution in [3.63, 3.8) is 0 Å². The van der Waals surface area contributed by atoms with Gasteiger partial charge in [0.1, 0.15) is 5.75 Å². The van der Waals surface area contributed by atoms with Crippen molar-refractivity contribution in [3.8, 4) is 5.75 Å². The number of fused-ring (bicyclic) bond motifs is 1. The summed E-state index contributed by atoms with van der Waals surface area (Å²) in [4.78, 5) is 0. The van der Waals surface area contributed by atoms with Gasteiger partial charge in [0.2, 0.25) is 0 Å². The number of hydrogen-bond acceptors (Lipinski definition) is 2. The smallest absolute Gasteiger partial charge is 0.125 e. The summed E-state index contributed by atoms with van der Waals surface area (Å²) >= 11 is 0. The predicted molar refractivity (Wildman–Crippen MR) is 71.9 cm³/mol. The van der Waals surface area contributed by atoms with Crippen molar-refractivity contribution < 1.29 is 9.84 Å². The molecule has 2 nitrogen and oxygen atoms in total. The molecule has 2 atom stereocenters. The highest BCUT2D eigenvalue weighted by molar-refractivity contribution is 5.52. The molecule has 0 amide bonds. The fraction of sp³-hybridized carbons (Fsp3) is 0.625. The molecule has 0 bridgehead atoms. The molecule has 1 aromatic rings. The van der Waals surface area contributed by atoms with Gasteiger partial charge in [0, 0.05) is 12.7 Å². The molecule has 2 heteroatoms. The summed E-state index contributed by atoms with van der Waals surface area (Å²) in [5.41, 5.74) is 3.10. The molecule has 2 aliphatic carbocycles. The van der Waals surface area contributed by atoms with Crippen molar-refractivity contribution in [1.29, 1.82) is 0 Å². The van der Waals surface area contributed by atoms with Crippen molar-refractivity contribution in [2.45, 2.75) is 51.0 Å². The molecule has 0 spiro atoms. The lowest BCUT2D eigenvalue weighted by molar-refractivity contribution is 0.00211. The van der Waals surface area contributed by atoms with Crippen LogP contribution in [0.5, 0.6) is 5.75 Å². The van der Waals surface area contributed by atoms with Crippen molar-refractivity contribution in [2.24, 2.45) is 5.92 Å². The van der Waals surface area contributed by atoms with Crippen molar-refractivity contribution in [2.75, 3.05) is 7.11 Å². The van der Waals surface area contributed by atoms with Gasteiger partial charge >= 0.3 is 0 Å². The van der Waals surface area contributed by atoms with Crippen LogP contribution >= 0.6 is 0 Å². The molecule has 1 fully saturated rings. The minimum atomic E-state index is -0.307. The van der Waals surface area contributed by atoms with E-state index in [2.05, 4.69) is 26.0 Å². The Bertz CT molecular complexity index is 476. The molecule has 98 valence electrons. The van der Waals surface area contributed by atoms with E-state index in [1.54, 1.807) is 7.11 Å². The zero-order valence-electron chi connectivity index (χ0n) is 11.5. The van der Waals surface area contributed by atoms with Crippen LogP contribution in [0.3, 0.4) is 0 Å². The second kappa shape index (κ2) is 3.99. The summed E-state index contributed by atoms with van der Waals surface area (Å²) in [5.74, 6) is 1.73. The van der Waals surface area contributed by atoms with Crippen LogP contribution in [-0.2, 0) is 16.8 Å². The highest BCUT2D eigenvalue weighted by Crippen LogP contribution is 2.50. The number of phenols is 1. The largest absolute Gasteiger partial charge is 0.507 e. The summed E-state index contributed by atoms with van der Waals surface area (Å²) in [5, 5.41) is 10.6. The summed E-state index contributed by atoms with van der Waals surface area (Å²) < 4.78 is 5.66. The SMILES string of the molecule is COC1(C)CCc2ccc(C(C)C3CC3)c(O)c21. The zero-order chi connectivity index (χ0) is 12.9. The highest BCUT2D eigenvalue weighted by Gasteiger charge is 2.39. The van der Waals surface area contributed by atoms with Crippen LogP contribution in [0.2, 0.25) is 0 Å². The Hall–Kier alpha value is -1.02. The molecular weight excluding hydrogens is 224 g/mol. The van der Waals surface area contributed by atoms with Gasteiger partial charge in [-0.05, 0) is 55.6 Å². The van der Waals surface area contributed by atoms with Crippen molar-refractivity contribution in [1.82, 2.24) is 0 Å². The first-order valence-corrected chi connectivity index (χ1v) is 6.97. The van der Waals surface area contributed by atoms with Crippen molar-refractivity contribution >= 4 is 0 Å². The quantitative estimate of drug-likeness (QED) is 0.881. The maximum Gasteiger partial charge on any atom is 0.125 e. The zero-order valence-corrected chi connectivity index (χ0v) is 11.5. The average Bonchev–Trinajstić information content (AvgIpc) is 3.15. The first kappa shape index (κ1) is 12.0. The van der Waals surface area contributed by atoms with Gasteiger partial charge in [0.05, 0.1) is 5.60 Å². The average molecular weight is 246 g/mol. The van der Waals surface area contributed by atoms with Gasteiger partial charge < -0.3 is 9.84 Å². The highest BCUT2D eigenvalue weighted by atomic mass is 16.5. The van der Waals surface area contributed by atoms with E-state index in [1.807, 2.05) is 0 Å². The number of phenolic OH excluding ortho intramolecular Hbond substituents is 1. The Labute approximate surface area is 109 Å². The standard InChI is InChI=1S/C16H22O2/c1-10(11-4-5-11)13-7-6-12-8-9-16(2,18-3)14(12)15(13)17/h6-7,10-11,17H,4-5,8-9H2,1-3H3. The molecule has 2 unspecified atom stereocenters. The molecular formula is C16H22O2. The monoisotopic (exact) mass is 246 g/mol. The molecule has 0 aliphatic heterocycles. The van der Waals surface area contributed by atoms with E-state index in [0.29, 0.717) is 11.7 Å². The minimum absolute atomic E-state index is 0.307. The lowest BCUT2D eigenvalue weighted by Gasteiger charge is -2.26. The normalized spacial score (nSPS) is 28.2. The first-order chi connectivity index (χ1) is 8.57. The van der Waals surface area contributed by atoms with Crippen molar-refractivity contribution in [3.05, 3.63) is 28.8 Å². The molecule has 1 saturated carbocycles. The predicted octanol–water partition coefficient (Wildman–Crippen LogP) is 3.71. The van der Waals surface area contributed by atoms with E-state index in [0.717, 1.165) is 29.9 Å². The van der Waals surface area contributed by atoms with Crippen LogP contribution in [0, 0.1) is 5.92 Å². The third-order valence-corrected chi connectivity index (χ3v) is 4.97. The van der Waals surface area contributed by atoms with Crippen LogP contribution in [0.4, 0.5) is 0 Å².